The summed E-state index contributed by atoms with van der Waals surface area (Å²) in [6.07, 6.45) is 0. The van der Waals surface area contributed by atoms with Gasteiger partial charge in [-0.15, -0.1) is 22.7 Å². The molecular weight excluding hydrogens is 769 g/mol. The van der Waals surface area contributed by atoms with Crippen molar-refractivity contribution in [3.8, 4) is 67.7 Å². The molecule has 0 saturated heterocycles. The summed E-state index contributed by atoms with van der Waals surface area (Å²) in [6, 6.07) is 68.5. The van der Waals surface area contributed by atoms with Crippen molar-refractivity contribution in [2.45, 2.75) is 0 Å². The minimum absolute atomic E-state index is 0.616. The molecule has 60 heavy (non-hydrogen) atoms. The van der Waals surface area contributed by atoms with Crippen molar-refractivity contribution in [3.05, 3.63) is 194 Å². The van der Waals surface area contributed by atoms with Crippen LogP contribution in [0.4, 0.5) is 0 Å². The lowest BCUT2D eigenvalue weighted by Crippen LogP contribution is -2.00. The van der Waals surface area contributed by atoms with Gasteiger partial charge in [-0.05, 0) is 52.6 Å². The maximum absolute atomic E-state index is 5.55. The van der Waals surface area contributed by atoms with E-state index in [-0.39, 0.29) is 0 Å². The van der Waals surface area contributed by atoms with Crippen LogP contribution in [0.15, 0.2) is 194 Å². The fourth-order valence-electron chi connectivity index (χ4n) is 8.44. The summed E-state index contributed by atoms with van der Waals surface area (Å²) in [5.74, 6) is 1.89. The maximum atomic E-state index is 5.55. The third-order valence-electron chi connectivity index (χ3n) is 11.3. The fraction of sp³-hybridized carbons (Fsp3) is 0. The van der Waals surface area contributed by atoms with Crippen molar-refractivity contribution in [1.29, 1.82) is 0 Å². The highest BCUT2D eigenvalue weighted by Crippen LogP contribution is 2.45. The van der Waals surface area contributed by atoms with E-state index in [1.54, 1.807) is 0 Å². The van der Waals surface area contributed by atoms with Gasteiger partial charge in [0.15, 0.2) is 17.5 Å². The lowest BCUT2D eigenvalue weighted by molar-refractivity contribution is 1.07. The molecule has 0 bridgehead atoms. The van der Waals surface area contributed by atoms with Crippen molar-refractivity contribution < 1.29 is 0 Å². The molecule has 4 nitrogen and oxygen atoms in total. The van der Waals surface area contributed by atoms with Gasteiger partial charge in [0, 0.05) is 68.0 Å². The molecule has 0 aliphatic rings. The van der Waals surface area contributed by atoms with Gasteiger partial charge in [-0.2, -0.15) is 0 Å². The number of fused-ring (bicyclic) bond motifs is 8. The van der Waals surface area contributed by atoms with Crippen LogP contribution >= 0.6 is 22.7 Å². The van der Waals surface area contributed by atoms with Gasteiger partial charge in [-0.3, -0.25) is 0 Å². The first-order valence-corrected chi connectivity index (χ1v) is 21.6. The molecule has 4 heterocycles. The first kappa shape index (κ1) is 34.6. The van der Waals surface area contributed by atoms with E-state index in [1.165, 1.54) is 46.1 Å². The zero-order valence-corrected chi connectivity index (χ0v) is 33.7. The predicted molar refractivity (Wildman–Crippen MR) is 254 cm³/mol. The molecular formula is C54H32N4S2. The molecule has 6 heteroatoms. The van der Waals surface area contributed by atoms with Crippen LogP contribution in [0.1, 0.15) is 0 Å². The number of benzene rings is 8. The van der Waals surface area contributed by atoms with Crippen molar-refractivity contribution in [1.82, 2.24) is 19.9 Å². The average Bonchev–Trinajstić information content (AvgIpc) is 3.91. The zero-order chi connectivity index (χ0) is 39.6. The molecule has 0 saturated carbocycles. The van der Waals surface area contributed by atoms with Crippen LogP contribution < -0.4 is 0 Å². The summed E-state index contributed by atoms with van der Waals surface area (Å²) >= 11 is 3.70. The highest BCUT2D eigenvalue weighted by molar-refractivity contribution is 7.27. The third kappa shape index (κ3) is 5.88. The second kappa shape index (κ2) is 14.2. The van der Waals surface area contributed by atoms with Gasteiger partial charge in [0.2, 0.25) is 0 Å². The zero-order valence-electron chi connectivity index (χ0n) is 32.1. The smallest absolute Gasteiger partial charge is 0.164 e. The quantitative estimate of drug-likeness (QED) is 0.168. The molecule has 0 spiro atoms. The Kier molecular flexibility index (Phi) is 8.18. The predicted octanol–water partition coefficient (Wildman–Crippen LogP) is 15.2. The second-order valence-electron chi connectivity index (χ2n) is 15.0. The Morgan fingerprint density at radius 3 is 1.57 bits per heavy atom. The van der Waals surface area contributed by atoms with Gasteiger partial charge in [0.05, 0.1) is 11.2 Å². The molecule has 0 amide bonds. The van der Waals surface area contributed by atoms with Crippen LogP contribution in [0, 0.1) is 0 Å². The largest absolute Gasteiger partial charge is 0.247 e. The maximum Gasteiger partial charge on any atom is 0.164 e. The van der Waals surface area contributed by atoms with Gasteiger partial charge in [-0.25, -0.2) is 19.9 Å². The molecule has 280 valence electrons. The van der Waals surface area contributed by atoms with E-state index in [0.29, 0.717) is 17.5 Å². The van der Waals surface area contributed by atoms with Crippen molar-refractivity contribution in [2.75, 3.05) is 0 Å². The van der Waals surface area contributed by atoms with E-state index in [2.05, 4.69) is 133 Å². The molecule has 0 radical (unpaired) electrons. The summed E-state index contributed by atoms with van der Waals surface area (Å²) in [6.45, 7) is 0. The number of rotatable bonds is 6. The van der Waals surface area contributed by atoms with Crippen LogP contribution in [0.25, 0.3) is 119 Å². The summed E-state index contributed by atoms with van der Waals surface area (Å²) < 4.78 is 5.10. The first-order chi connectivity index (χ1) is 29.7. The molecule has 12 aromatic rings. The SMILES string of the molecule is c1ccc(-c2nc(-c3ccccc3)nc(-c3cccc(-c4nc5cc(-c6cccc(-c7cccc8c7sc7ccccc78)c6)ccc5c5sc6ccccc6c45)c3)n2)cc1. The lowest BCUT2D eigenvalue weighted by atomic mass is 9.96. The Morgan fingerprint density at radius 2 is 0.817 bits per heavy atom. The monoisotopic (exact) mass is 800 g/mol. The van der Waals surface area contributed by atoms with E-state index in [1.807, 2.05) is 83.3 Å². The van der Waals surface area contributed by atoms with Crippen molar-refractivity contribution in [2.24, 2.45) is 0 Å². The number of thiophene rings is 2. The van der Waals surface area contributed by atoms with E-state index >= 15 is 0 Å². The summed E-state index contributed by atoms with van der Waals surface area (Å²) in [4.78, 5) is 20.6. The van der Waals surface area contributed by atoms with E-state index in [0.717, 1.165) is 55.4 Å². The number of hydrogen-bond acceptors (Lipinski definition) is 6. The molecule has 8 aromatic carbocycles. The van der Waals surface area contributed by atoms with Gasteiger partial charge in [0.25, 0.3) is 0 Å². The number of hydrogen-bond donors (Lipinski definition) is 0. The Bertz CT molecular complexity index is 3550. The summed E-state index contributed by atoms with van der Waals surface area (Å²) in [5.41, 5.74) is 10.5. The molecule has 0 aliphatic carbocycles. The highest BCUT2D eigenvalue weighted by atomic mass is 32.1. The normalized spacial score (nSPS) is 11.7. The van der Waals surface area contributed by atoms with Gasteiger partial charge in [0.1, 0.15) is 0 Å². The molecule has 0 N–H and O–H groups in total. The van der Waals surface area contributed by atoms with Crippen LogP contribution in [-0.4, -0.2) is 19.9 Å². The first-order valence-electron chi connectivity index (χ1n) is 20.0. The second-order valence-corrected chi connectivity index (χ2v) is 17.1. The number of nitrogens with zero attached hydrogens (tertiary/aromatic N) is 4. The Balaban J connectivity index is 1.01. The van der Waals surface area contributed by atoms with Crippen LogP contribution in [0.2, 0.25) is 0 Å². The fourth-order valence-corrected chi connectivity index (χ4v) is 10.9. The molecule has 0 atom stereocenters. The molecule has 12 rings (SSSR count). The van der Waals surface area contributed by atoms with E-state index < -0.39 is 0 Å². The Morgan fingerprint density at radius 1 is 0.300 bits per heavy atom. The van der Waals surface area contributed by atoms with Crippen LogP contribution in [0.3, 0.4) is 0 Å². The third-order valence-corrected chi connectivity index (χ3v) is 13.7. The lowest BCUT2D eigenvalue weighted by Gasteiger charge is -2.12. The summed E-state index contributed by atoms with van der Waals surface area (Å²) in [5, 5.41) is 6.14. The highest BCUT2D eigenvalue weighted by Gasteiger charge is 2.19. The standard InChI is InChI=1S/C54H32N4S2/c1-3-14-33(15-4-1)52-56-53(34-16-5-2-6-17-34)58-54(57-52)39-21-12-20-38(31-39)49-48-44-23-8-10-27-47(44)60-51(48)43-29-28-36(32-45(43)55-49)35-18-11-19-37(30-35)40-24-13-25-42-41-22-7-9-26-46(41)59-50(40)42/h1-32H. The van der Waals surface area contributed by atoms with E-state index in [4.69, 9.17) is 19.9 Å². The van der Waals surface area contributed by atoms with Gasteiger partial charge < -0.3 is 0 Å². The molecule has 4 aromatic heterocycles. The molecule has 0 fully saturated rings. The average molecular weight is 801 g/mol. The molecule has 0 aliphatic heterocycles. The van der Waals surface area contributed by atoms with Crippen LogP contribution in [0.5, 0.6) is 0 Å². The Labute approximate surface area is 353 Å². The minimum atomic E-state index is 0.616. The minimum Gasteiger partial charge on any atom is -0.247 e. The van der Waals surface area contributed by atoms with Crippen LogP contribution in [-0.2, 0) is 0 Å². The van der Waals surface area contributed by atoms with Gasteiger partial charge in [-0.1, -0.05) is 164 Å². The Hall–Kier alpha value is -7.38. The van der Waals surface area contributed by atoms with Crippen molar-refractivity contribution in [3.63, 3.8) is 0 Å². The molecule has 0 unspecified atom stereocenters. The van der Waals surface area contributed by atoms with E-state index in [9.17, 15) is 0 Å². The number of aromatic nitrogens is 4. The summed E-state index contributed by atoms with van der Waals surface area (Å²) in [7, 11) is 0. The van der Waals surface area contributed by atoms with Crippen molar-refractivity contribution >= 4 is 73.9 Å². The van der Waals surface area contributed by atoms with Gasteiger partial charge >= 0.3 is 0 Å². The topological polar surface area (TPSA) is 51.6 Å². The number of pyridine rings is 1.